The molecule has 0 fully saturated rings. The van der Waals surface area contributed by atoms with Gasteiger partial charge in [-0.05, 0) is 19.3 Å². The molecule has 0 aliphatic carbocycles. The molecule has 0 aliphatic rings. The number of hydrogen-bond donors (Lipinski definition) is 1. The Balaban J connectivity index is 3.51. The molecule has 2 nitrogen and oxygen atoms in total. The Morgan fingerprint density at radius 3 is 2.45 bits per heavy atom. The molecule has 2 atom stereocenters. The molecule has 0 rings (SSSR count). The third-order valence-electron chi connectivity index (χ3n) is 1.47. The third-order valence-corrected chi connectivity index (χ3v) is 2.97. The summed E-state index contributed by atoms with van der Waals surface area (Å²) in [5.74, 6) is 0.760. The topological polar surface area (TPSA) is 29.1 Å². The minimum Gasteiger partial charge on any atom is -0.354 e. The fourth-order valence-electron chi connectivity index (χ4n) is 1.07. The van der Waals surface area contributed by atoms with Crippen molar-refractivity contribution >= 4 is 28.5 Å². The Kier molecular flexibility index (Phi) is 5.91. The van der Waals surface area contributed by atoms with Crippen molar-refractivity contribution in [3.05, 3.63) is 0 Å². The quantitative estimate of drug-likeness (QED) is 0.613. The van der Waals surface area contributed by atoms with Gasteiger partial charge in [0.1, 0.15) is 0 Å². The van der Waals surface area contributed by atoms with E-state index in [-0.39, 0.29) is 5.91 Å². The van der Waals surface area contributed by atoms with Crippen LogP contribution < -0.4 is 5.32 Å². The number of alkyl halides is 1. The molecule has 66 valence electrons. The van der Waals surface area contributed by atoms with E-state index >= 15 is 0 Å². The van der Waals surface area contributed by atoms with Gasteiger partial charge in [0.25, 0.3) is 0 Å². The molecule has 0 spiro atoms. The van der Waals surface area contributed by atoms with Crippen LogP contribution >= 0.6 is 22.6 Å². The van der Waals surface area contributed by atoms with Gasteiger partial charge in [-0.25, -0.2) is 0 Å². The van der Waals surface area contributed by atoms with Crippen LogP contribution in [0, 0.1) is 5.92 Å². The van der Waals surface area contributed by atoms with E-state index in [9.17, 15) is 4.79 Å². The first-order chi connectivity index (χ1) is 5.06. The Hall–Kier alpha value is 0.200. The number of amides is 1. The van der Waals surface area contributed by atoms with Gasteiger partial charge in [-0.15, -0.1) is 0 Å². The van der Waals surface area contributed by atoms with Gasteiger partial charge in [0.15, 0.2) is 0 Å². The first kappa shape index (κ1) is 11.2. The van der Waals surface area contributed by atoms with Crippen molar-refractivity contribution in [2.24, 2.45) is 5.92 Å². The second-order valence-corrected chi connectivity index (χ2v) is 3.98. The predicted molar refractivity (Wildman–Crippen MR) is 55.9 cm³/mol. The largest absolute Gasteiger partial charge is 0.354 e. The molecule has 0 saturated heterocycles. The van der Waals surface area contributed by atoms with E-state index in [0.29, 0.717) is 12.0 Å². The maximum atomic E-state index is 10.6. The van der Waals surface area contributed by atoms with E-state index in [0.717, 1.165) is 10.8 Å². The second kappa shape index (κ2) is 5.80. The van der Waals surface area contributed by atoms with Crippen LogP contribution in [0.2, 0.25) is 0 Å². The van der Waals surface area contributed by atoms with Crippen LogP contribution in [0.15, 0.2) is 0 Å². The maximum absolute atomic E-state index is 10.6. The van der Waals surface area contributed by atoms with Gasteiger partial charge in [-0.1, -0.05) is 29.5 Å². The second-order valence-electron chi connectivity index (χ2n) is 3.10. The zero-order valence-corrected chi connectivity index (χ0v) is 9.51. The minimum atomic E-state index is 0.0677. The molecular weight excluding hydrogens is 253 g/mol. The Morgan fingerprint density at radius 2 is 2.09 bits per heavy atom. The zero-order chi connectivity index (χ0) is 8.85. The molecule has 3 heteroatoms. The molecule has 0 aromatic carbocycles. The number of carbonyl (C=O) groups excluding carboxylic acids is 1. The van der Waals surface area contributed by atoms with Crippen LogP contribution in [0.3, 0.4) is 0 Å². The third kappa shape index (κ3) is 6.59. The van der Waals surface area contributed by atoms with E-state index < -0.39 is 0 Å². The van der Waals surface area contributed by atoms with E-state index in [1.807, 2.05) is 6.92 Å². The zero-order valence-electron chi connectivity index (χ0n) is 7.36. The van der Waals surface area contributed by atoms with Crippen molar-refractivity contribution in [3.63, 3.8) is 0 Å². The average Bonchev–Trinajstić information content (AvgIpc) is 1.85. The highest BCUT2D eigenvalue weighted by Gasteiger charge is 2.07. The van der Waals surface area contributed by atoms with Crippen LogP contribution in [0.4, 0.5) is 0 Å². The molecule has 2 unspecified atom stereocenters. The normalized spacial score (nSPS) is 15.6. The SMILES string of the molecule is CC(=O)NC(C)CC(C)CI. The van der Waals surface area contributed by atoms with E-state index in [1.54, 1.807) is 6.92 Å². The number of halogens is 1. The van der Waals surface area contributed by atoms with Crippen molar-refractivity contribution in [2.75, 3.05) is 4.43 Å². The van der Waals surface area contributed by atoms with Crippen LogP contribution in [0.5, 0.6) is 0 Å². The number of hydrogen-bond acceptors (Lipinski definition) is 1. The molecule has 1 N–H and O–H groups in total. The first-order valence-electron chi connectivity index (χ1n) is 3.89. The summed E-state index contributed by atoms with van der Waals surface area (Å²) >= 11 is 2.37. The molecule has 0 aromatic heterocycles. The van der Waals surface area contributed by atoms with E-state index in [1.165, 1.54) is 0 Å². The molecule has 0 heterocycles. The maximum Gasteiger partial charge on any atom is 0.217 e. The summed E-state index contributed by atoms with van der Waals surface area (Å²) in [6.07, 6.45) is 1.07. The number of carbonyl (C=O) groups is 1. The summed E-state index contributed by atoms with van der Waals surface area (Å²) in [4.78, 5) is 10.6. The first-order valence-corrected chi connectivity index (χ1v) is 5.42. The van der Waals surface area contributed by atoms with Gasteiger partial charge in [-0.2, -0.15) is 0 Å². The lowest BCUT2D eigenvalue weighted by molar-refractivity contribution is -0.119. The van der Waals surface area contributed by atoms with Gasteiger partial charge in [-0.3, -0.25) is 4.79 Å². The van der Waals surface area contributed by atoms with Gasteiger partial charge >= 0.3 is 0 Å². The monoisotopic (exact) mass is 269 g/mol. The van der Waals surface area contributed by atoms with Crippen molar-refractivity contribution in [2.45, 2.75) is 33.2 Å². The average molecular weight is 269 g/mol. The molecule has 1 amide bonds. The fourth-order valence-corrected chi connectivity index (χ4v) is 1.43. The highest BCUT2D eigenvalue weighted by atomic mass is 127. The summed E-state index contributed by atoms with van der Waals surface area (Å²) in [6, 6.07) is 0.317. The lowest BCUT2D eigenvalue weighted by Gasteiger charge is -2.15. The minimum absolute atomic E-state index is 0.0677. The van der Waals surface area contributed by atoms with Crippen LogP contribution in [-0.4, -0.2) is 16.4 Å². The van der Waals surface area contributed by atoms with Gasteiger partial charge in [0.2, 0.25) is 5.91 Å². The number of rotatable bonds is 4. The van der Waals surface area contributed by atoms with Gasteiger partial charge in [0, 0.05) is 17.4 Å². The molecule has 0 bridgehead atoms. The fraction of sp³-hybridized carbons (Fsp3) is 0.875. The Labute approximate surface area is 82.3 Å². The van der Waals surface area contributed by atoms with Crippen LogP contribution in [0.1, 0.15) is 27.2 Å². The Morgan fingerprint density at radius 1 is 1.55 bits per heavy atom. The summed E-state index contributed by atoms with van der Waals surface area (Å²) in [5, 5.41) is 2.87. The van der Waals surface area contributed by atoms with E-state index in [2.05, 4.69) is 34.8 Å². The molecule has 0 radical (unpaired) electrons. The highest BCUT2D eigenvalue weighted by molar-refractivity contribution is 14.1. The summed E-state index contributed by atoms with van der Waals surface area (Å²) in [6.45, 7) is 5.81. The lowest BCUT2D eigenvalue weighted by Crippen LogP contribution is -2.31. The molecule has 11 heavy (non-hydrogen) atoms. The van der Waals surface area contributed by atoms with Gasteiger partial charge in [0.05, 0.1) is 0 Å². The Bertz CT molecular complexity index is 127. The summed E-state index contributed by atoms with van der Waals surface area (Å²) in [7, 11) is 0. The molecule has 0 aliphatic heterocycles. The van der Waals surface area contributed by atoms with Crippen molar-refractivity contribution in [3.8, 4) is 0 Å². The number of nitrogens with one attached hydrogen (secondary N) is 1. The molecule has 0 saturated carbocycles. The standard InChI is InChI=1S/C8H16INO/c1-6(5-9)4-7(2)10-8(3)11/h6-7H,4-5H2,1-3H3,(H,10,11). The van der Waals surface area contributed by atoms with Crippen LogP contribution in [-0.2, 0) is 4.79 Å². The smallest absolute Gasteiger partial charge is 0.217 e. The lowest BCUT2D eigenvalue weighted by atomic mass is 10.1. The summed E-state index contributed by atoms with van der Waals surface area (Å²) < 4.78 is 1.15. The highest BCUT2D eigenvalue weighted by Crippen LogP contribution is 2.08. The predicted octanol–water partition coefficient (Wildman–Crippen LogP) is 1.97. The van der Waals surface area contributed by atoms with Crippen molar-refractivity contribution in [1.29, 1.82) is 0 Å². The van der Waals surface area contributed by atoms with Crippen molar-refractivity contribution in [1.82, 2.24) is 5.32 Å². The van der Waals surface area contributed by atoms with Gasteiger partial charge < -0.3 is 5.32 Å². The van der Waals surface area contributed by atoms with Crippen molar-refractivity contribution < 1.29 is 4.79 Å². The summed E-state index contributed by atoms with van der Waals surface area (Å²) in [5.41, 5.74) is 0. The molecular formula is C8H16INO. The van der Waals surface area contributed by atoms with E-state index in [4.69, 9.17) is 0 Å². The molecule has 0 aromatic rings. The van der Waals surface area contributed by atoms with Crippen LogP contribution in [0.25, 0.3) is 0 Å².